The van der Waals surface area contributed by atoms with Crippen molar-refractivity contribution in [3.05, 3.63) is 36.0 Å². The van der Waals surface area contributed by atoms with Gasteiger partial charge in [-0.1, -0.05) is 102 Å². The molecular weight excluding hydrogens is 622 g/mol. The summed E-state index contributed by atoms with van der Waals surface area (Å²) in [5, 5.41) is 11.9. The van der Waals surface area contributed by atoms with Crippen LogP contribution in [0.15, 0.2) is 30.5 Å². The lowest BCUT2D eigenvalue weighted by Crippen LogP contribution is -2.62. The third kappa shape index (κ3) is 14.6. The second-order valence-corrected chi connectivity index (χ2v) is 13.4. The van der Waals surface area contributed by atoms with Gasteiger partial charge in [0, 0.05) is 36.5 Å². The Labute approximate surface area is 291 Å². The molecule has 1 aromatic heterocycles. The van der Waals surface area contributed by atoms with Gasteiger partial charge in [0.2, 0.25) is 23.6 Å². The summed E-state index contributed by atoms with van der Waals surface area (Å²) in [5.74, 6) is -1.90. The van der Waals surface area contributed by atoms with Crippen LogP contribution in [0.1, 0.15) is 128 Å². The minimum Gasteiger partial charge on any atom is -0.467 e. The van der Waals surface area contributed by atoms with Gasteiger partial charge in [-0.15, -0.1) is 0 Å². The molecule has 0 spiro atoms. The number of aromatic nitrogens is 1. The Morgan fingerprint density at radius 1 is 0.776 bits per heavy atom. The zero-order valence-electron chi connectivity index (χ0n) is 29.7. The second-order valence-electron chi connectivity index (χ2n) is 13.4. The van der Waals surface area contributed by atoms with E-state index in [0.717, 1.165) is 29.3 Å². The van der Waals surface area contributed by atoms with E-state index in [4.69, 9.17) is 4.74 Å². The lowest BCUT2D eigenvalue weighted by atomic mass is 10.0. The predicted octanol–water partition coefficient (Wildman–Crippen LogP) is 5.51. The summed E-state index contributed by atoms with van der Waals surface area (Å²) in [6, 6.07) is 4.94. The molecule has 1 fully saturated rings. The third-order valence-corrected chi connectivity index (χ3v) is 9.32. The number of hydrogen-bond donors (Lipinski definition) is 5. The summed E-state index contributed by atoms with van der Waals surface area (Å²) in [4.78, 5) is 66.1. The number of H-pyrrole nitrogens is 1. The molecule has 49 heavy (non-hydrogen) atoms. The Morgan fingerprint density at radius 2 is 1.39 bits per heavy atom. The van der Waals surface area contributed by atoms with E-state index in [1.165, 1.54) is 77.7 Å². The fourth-order valence-electron chi connectivity index (χ4n) is 6.41. The number of aromatic amines is 1. The number of ether oxygens (including phenoxy) is 1. The number of unbranched alkanes of at least 4 members (excludes halogenated alkanes) is 13. The van der Waals surface area contributed by atoms with Crippen LogP contribution in [0.25, 0.3) is 10.9 Å². The first kappa shape index (κ1) is 39.5. The minimum atomic E-state index is -1.04. The SMILES string of the molecule is CCCCCCCCCCCCCCCC(=O)NCCCC[C@@H]1NC(=O)[C@H](CC(=O)N[C@@H](Cc2c[nH]c3ccccc23)C(=O)OC)NC1=O. The molecule has 0 bridgehead atoms. The quantitative estimate of drug-likeness (QED) is 0.0687. The van der Waals surface area contributed by atoms with Gasteiger partial charge < -0.3 is 31.0 Å². The van der Waals surface area contributed by atoms with Crippen LogP contribution in [-0.2, 0) is 35.1 Å². The normalized spacial score (nSPS) is 16.5. The van der Waals surface area contributed by atoms with Gasteiger partial charge in [-0.2, -0.15) is 0 Å². The molecule has 11 heteroatoms. The number of esters is 1. The highest BCUT2D eigenvalue weighted by Gasteiger charge is 2.35. The van der Waals surface area contributed by atoms with Crippen LogP contribution in [0.3, 0.4) is 0 Å². The average molecular weight is 682 g/mol. The smallest absolute Gasteiger partial charge is 0.328 e. The molecule has 11 nitrogen and oxygen atoms in total. The lowest BCUT2D eigenvalue weighted by molar-refractivity contribution is -0.145. The highest BCUT2D eigenvalue weighted by Crippen LogP contribution is 2.20. The van der Waals surface area contributed by atoms with Crippen molar-refractivity contribution in [2.45, 2.75) is 147 Å². The van der Waals surface area contributed by atoms with Gasteiger partial charge in [0.15, 0.2) is 0 Å². The van der Waals surface area contributed by atoms with E-state index in [1.807, 2.05) is 24.3 Å². The Bertz CT molecular complexity index is 1330. The van der Waals surface area contributed by atoms with Crippen molar-refractivity contribution in [1.29, 1.82) is 0 Å². The van der Waals surface area contributed by atoms with Gasteiger partial charge in [0.1, 0.15) is 18.1 Å². The zero-order valence-corrected chi connectivity index (χ0v) is 29.7. The molecule has 3 atom stereocenters. The molecule has 1 aliphatic heterocycles. The number of methoxy groups -OCH3 is 1. The summed E-state index contributed by atoms with van der Waals surface area (Å²) in [6.45, 7) is 2.78. The van der Waals surface area contributed by atoms with E-state index in [0.29, 0.717) is 32.2 Å². The van der Waals surface area contributed by atoms with Crippen molar-refractivity contribution in [3.8, 4) is 0 Å². The molecule has 4 amide bonds. The van der Waals surface area contributed by atoms with E-state index in [1.54, 1.807) is 6.20 Å². The first-order valence-corrected chi connectivity index (χ1v) is 18.6. The monoisotopic (exact) mass is 681 g/mol. The van der Waals surface area contributed by atoms with Crippen LogP contribution >= 0.6 is 0 Å². The second kappa shape index (κ2) is 22.7. The molecule has 1 aliphatic rings. The maximum absolute atomic E-state index is 12.9. The van der Waals surface area contributed by atoms with Crippen LogP contribution < -0.4 is 21.3 Å². The largest absolute Gasteiger partial charge is 0.467 e. The Morgan fingerprint density at radius 3 is 2.06 bits per heavy atom. The molecule has 0 unspecified atom stereocenters. The molecule has 272 valence electrons. The minimum absolute atomic E-state index is 0.0591. The molecule has 0 radical (unpaired) electrons. The summed E-state index contributed by atoms with van der Waals surface area (Å²) in [7, 11) is 1.25. The van der Waals surface area contributed by atoms with Crippen LogP contribution in [0.2, 0.25) is 0 Å². The summed E-state index contributed by atoms with van der Waals surface area (Å²) in [5.41, 5.74) is 1.75. The van der Waals surface area contributed by atoms with Crippen molar-refractivity contribution >= 4 is 40.5 Å². The zero-order chi connectivity index (χ0) is 35.3. The first-order valence-electron chi connectivity index (χ1n) is 18.6. The van der Waals surface area contributed by atoms with Crippen molar-refractivity contribution in [2.75, 3.05) is 13.7 Å². The molecule has 5 N–H and O–H groups in total. The molecule has 0 aliphatic carbocycles. The average Bonchev–Trinajstić information content (AvgIpc) is 3.50. The number of nitrogens with one attached hydrogen (secondary N) is 5. The van der Waals surface area contributed by atoms with Crippen LogP contribution in [0.5, 0.6) is 0 Å². The van der Waals surface area contributed by atoms with Crippen molar-refractivity contribution in [2.24, 2.45) is 0 Å². The van der Waals surface area contributed by atoms with Crippen molar-refractivity contribution in [3.63, 3.8) is 0 Å². The van der Waals surface area contributed by atoms with Gasteiger partial charge in [0.05, 0.1) is 13.5 Å². The number of carbonyl (C=O) groups excluding carboxylic acids is 5. The fourth-order valence-corrected chi connectivity index (χ4v) is 6.41. The number of hydrogen-bond acceptors (Lipinski definition) is 6. The standard InChI is InChI=1S/C38H59N5O6/c1-3-4-5-6-7-8-9-10-11-12-13-14-15-23-34(44)39-24-19-18-22-31-36(46)43-32(37(47)42-31)26-35(45)41-33(38(48)49-2)25-28-27-40-30-21-17-16-20-29(28)30/h16-17,20-21,27,31-33,40H,3-15,18-19,22-26H2,1-2H3,(H,39,44)(H,41,45)(H,42,47)(H,43,46)/t31-,32-,33-/m0/s1. The number of rotatable bonds is 25. The molecule has 3 rings (SSSR count). The van der Waals surface area contributed by atoms with E-state index in [9.17, 15) is 24.0 Å². The van der Waals surface area contributed by atoms with Gasteiger partial charge in [-0.05, 0) is 37.3 Å². The van der Waals surface area contributed by atoms with Gasteiger partial charge in [-0.3, -0.25) is 19.2 Å². The van der Waals surface area contributed by atoms with Gasteiger partial charge >= 0.3 is 5.97 Å². The molecule has 0 saturated carbocycles. The summed E-state index contributed by atoms with van der Waals surface area (Å²) >= 11 is 0. The Balaban J connectivity index is 1.23. The lowest BCUT2D eigenvalue weighted by Gasteiger charge is -2.29. The number of carbonyl (C=O) groups is 5. The molecular formula is C38H59N5O6. The van der Waals surface area contributed by atoms with Gasteiger partial charge in [0.25, 0.3) is 0 Å². The molecule has 1 saturated heterocycles. The van der Waals surface area contributed by atoms with E-state index >= 15 is 0 Å². The van der Waals surface area contributed by atoms with E-state index in [2.05, 4.69) is 33.2 Å². The maximum atomic E-state index is 12.9. The highest BCUT2D eigenvalue weighted by atomic mass is 16.5. The van der Waals surface area contributed by atoms with E-state index < -0.39 is 35.9 Å². The predicted molar refractivity (Wildman–Crippen MR) is 192 cm³/mol. The molecule has 2 heterocycles. The van der Waals surface area contributed by atoms with Crippen LogP contribution in [-0.4, -0.2) is 66.4 Å². The van der Waals surface area contributed by atoms with Crippen LogP contribution in [0.4, 0.5) is 0 Å². The van der Waals surface area contributed by atoms with Crippen LogP contribution in [0, 0.1) is 0 Å². The fraction of sp³-hybridized carbons (Fsp3) is 0.658. The Hall–Kier alpha value is -3.89. The first-order chi connectivity index (χ1) is 23.8. The molecule has 2 aromatic rings. The Kier molecular flexibility index (Phi) is 18.3. The topological polar surface area (TPSA) is 158 Å². The summed E-state index contributed by atoms with van der Waals surface area (Å²) < 4.78 is 4.90. The van der Waals surface area contributed by atoms with Crippen molar-refractivity contribution in [1.82, 2.24) is 26.3 Å². The maximum Gasteiger partial charge on any atom is 0.328 e. The highest BCUT2D eigenvalue weighted by molar-refractivity contribution is 5.99. The third-order valence-electron chi connectivity index (χ3n) is 9.32. The number of para-hydroxylation sites is 1. The van der Waals surface area contributed by atoms with Crippen molar-refractivity contribution < 1.29 is 28.7 Å². The number of amides is 4. The number of benzene rings is 1. The number of piperazine rings is 1. The summed E-state index contributed by atoms with van der Waals surface area (Å²) in [6.07, 6.45) is 20.6. The van der Waals surface area contributed by atoms with E-state index in [-0.39, 0.29) is 24.7 Å². The molecule has 1 aromatic carbocycles. The van der Waals surface area contributed by atoms with Gasteiger partial charge in [-0.25, -0.2) is 4.79 Å². The number of fused-ring (bicyclic) bond motifs is 1.